The summed E-state index contributed by atoms with van der Waals surface area (Å²) < 4.78 is 7.88. The molecule has 2 aromatic carbocycles. The van der Waals surface area contributed by atoms with E-state index in [4.69, 9.17) is 4.74 Å². The lowest BCUT2D eigenvalue weighted by molar-refractivity contribution is -0.121. The van der Waals surface area contributed by atoms with Gasteiger partial charge in [-0.2, -0.15) is 0 Å². The Balaban J connectivity index is 1.45. The fourth-order valence-electron chi connectivity index (χ4n) is 3.99. The first-order chi connectivity index (χ1) is 13.7. The molecule has 4 rings (SSSR count). The number of benzene rings is 2. The second-order valence-corrected chi connectivity index (χ2v) is 7.66. The van der Waals surface area contributed by atoms with Crippen LogP contribution in [0.5, 0.6) is 0 Å². The molecule has 1 fully saturated rings. The Kier molecular flexibility index (Phi) is 5.77. The summed E-state index contributed by atoms with van der Waals surface area (Å²) in [5.74, 6) is 0.103. The standard InChI is InChI=1S/C24H28N2O2/c1-18-7-2-3-8-19(18)16-26-17-20(22-10-4-5-11-23(22)26)12-13-24(27)25-15-21-9-6-14-28-21/h2-5,7-8,10-11,17,21H,6,9,12-16H2,1H3,(H,25,27)/t21-/m0/s1. The normalized spacial score (nSPS) is 16.5. The van der Waals surface area contributed by atoms with Gasteiger partial charge in [0.25, 0.3) is 0 Å². The van der Waals surface area contributed by atoms with Gasteiger partial charge in [0.1, 0.15) is 0 Å². The average Bonchev–Trinajstić information content (AvgIpc) is 3.35. The maximum Gasteiger partial charge on any atom is 0.220 e. The highest BCUT2D eigenvalue weighted by molar-refractivity contribution is 5.85. The maximum absolute atomic E-state index is 12.3. The van der Waals surface area contributed by atoms with Crippen molar-refractivity contribution in [2.75, 3.05) is 13.2 Å². The first-order valence-electron chi connectivity index (χ1n) is 10.2. The molecule has 0 spiro atoms. The second kappa shape index (κ2) is 8.61. The molecule has 0 radical (unpaired) electrons. The lowest BCUT2D eigenvalue weighted by Gasteiger charge is -2.10. The number of hydrogen-bond acceptors (Lipinski definition) is 2. The summed E-state index contributed by atoms with van der Waals surface area (Å²) >= 11 is 0. The van der Waals surface area contributed by atoms with Gasteiger partial charge in [-0.1, -0.05) is 42.5 Å². The van der Waals surface area contributed by atoms with Crippen LogP contribution in [0.15, 0.2) is 54.7 Å². The fourth-order valence-corrected chi connectivity index (χ4v) is 3.99. The van der Waals surface area contributed by atoms with Crippen LogP contribution in [0.25, 0.3) is 10.9 Å². The molecule has 146 valence electrons. The molecule has 3 aromatic rings. The largest absolute Gasteiger partial charge is 0.376 e. The number of nitrogens with zero attached hydrogens (tertiary/aromatic N) is 1. The van der Waals surface area contributed by atoms with Crippen molar-refractivity contribution >= 4 is 16.8 Å². The lowest BCUT2D eigenvalue weighted by Crippen LogP contribution is -2.31. The fraction of sp³-hybridized carbons (Fsp3) is 0.375. The van der Waals surface area contributed by atoms with E-state index >= 15 is 0 Å². The van der Waals surface area contributed by atoms with Crippen LogP contribution in [0, 0.1) is 6.92 Å². The number of rotatable bonds is 7. The summed E-state index contributed by atoms with van der Waals surface area (Å²) in [4.78, 5) is 12.3. The van der Waals surface area contributed by atoms with Crippen LogP contribution < -0.4 is 5.32 Å². The van der Waals surface area contributed by atoms with E-state index in [9.17, 15) is 4.79 Å². The average molecular weight is 377 g/mol. The van der Waals surface area contributed by atoms with Crippen molar-refractivity contribution in [2.45, 2.75) is 45.3 Å². The molecule has 1 N–H and O–H groups in total. The molecule has 2 heterocycles. The number of amides is 1. The summed E-state index contributed by atoms with van der Waals surface area (Å²) in [5, 5.41) is 4.27. The molecule has 1 aliphatic heterocycles. The molecule has 1 saturated heterocycles. The highest BCUT2D eigenvalue weighted by Crippen LogP contribution is 2.24. The zero-order valence-corrected chi connectivity index (χ0v) is 16.5. The van der Waals surface area contributed by atoms with E-state index in [0.29, 0.717) is 13.0 Å². The van der Waals surface area contributed by atoms with E-state index in [1.54, 1.807) is 0 Å². The van der Waals surface area contributed by atoms with E-state index < -0.39 is 0 Å². The zero-order valence-electron chi connectivity index (χ0n) is 16.5. The number of carbonyl (C=O) groups is 1. The molecule has 1 aliphatic rings. The SMILES string of the molecule is Cc1ccccc1Cn1cc(CCC(=O)NC[C@@H]2CCCO2)c2ccccc21. The van der Waals surface area contributed by atoms with Gasteiger partial charge in [0, 0.05) is 43.2 Å². The molecule has 0 unspecified atom stereocenters. The molecule has 4 nitrogen and oxygen atoms in total. The number of fused-ring (bicyclic) bond motifs is 1. The molecule has 4 heteroatoms. The van der Waals surface area contributed by atoms with Gasteiger partial charge in [-0.05, 0) is 48.9 Å². The minimum absolute atomic E-state index is 0.103. The quantitative estimate of drug-likeness (QED) is 0.671. The van der Waals surface area contributed by atoms with Crippen molar-refractivity contribution in [2.24, 2.45) is 0 Å². The molecule has 0 bridgehead atoms. The monoisotopic (exact) mass is 376 g/mol. The number of ether oxygens (including phenoxy) is 1. The number of para-hydroxylation sites is 1. The van der Waals surface area contributed by atoms with E-state index in [-0.39, 0.29) is 12.0 Å². The Morgan fingerprint density at radius 3 is 2.79 bits per heavy atom. The van der Waals surface area contributed by atoms with Gasteiger partial charge in [-0.25, -0.2) is 0 Å². The van der Waals surface area contributed by atoms with Gasteiger partial charge >= 0.3 is 0 Å². The molecule has 1 amide bonds. The smallest absolute Gasteiger partial charge is 0.220 e. The van der Waals surface area contributed by atoms with Gasteiger partial charge in [0.15, 0.2) is 0 Å². The molecular weight excluding hydrogens is 348 g/mol. The van der Waals surface area contributed by atoms with Crippen molar-refractivity contribution in [1.82, 2.24) is 9.88 Å². The Hall–Kier alpha value is -2.59. The molecule has 1 aromatic heterocycles. The van der Waals surface area contributed by atoms with Gasteiger partial charge in [0.2, 0.25) is 5.91 Å². The van der Waals surface area contributed by atoms with Crippen LogP contribution in [0.1, 0.15) is 36.0 Å². The van der Waals surface area contributed by atoms with Crippen LogP contribution in [-0.2, 0) is 22.5 Å². The first kappa shape index (κ1) is 18.8. The predicted octanol–water partition coefficient (Wildman–Crippen LogP) is 4.23. The number of nitrogens with one attached hydrogen (secondary N) is 1. The third kappa shape index (κ3) is 4.28. The number of hydrogen-bond donors (Lipinski definition) is 1. The molecule has 0 saturated carbocycles. The topological polar surface area (TPSA) is 43.3 Å². The number of aryl methyl sites for hydroxylation is 2. The van der Waals surface area contributed by atoms with Crippen LogP contribution in [0.2, 0.25) is 0 Å². The second-order valence-electron chi connectivity index (χ2n) is 7.66. The van der Waals surface area contributed by atoms with E-state index in [1.807, 2.05) is 0 Å². The minimum atomic E-state index is 0.103. The van der Waals surface area contributed by atoms with Gasteiger partial charge in [0.05, 0.1) is 6.10 Å². The van der Waals surface area contributed by atoms with E-state index in [0.717, 1.165) is 32.4 Å². The van der Waals surface area contributed by atoms with Crippen molar-refractivity contribution in [3.05, 3.63) is 71.4 Å². The third-order valence-corrected chi connectivity index (χ3v) is 5.65. The van der Waals surface area contributed by atoms with Gasteiger partial charge in [-0.3, -0.25) is 4.79 Å². The molecule has 0 aliphatic carbocycles. The van der Waals surface area contributed by atoms with Crippen LogP contribution in [0.3, 0.4) is 0 Å². The lowest BCUT2D eigenvalue weighted by atomic mass is 10.1. The highest BCUT2D eigenvalue weighted by Gasteiger charge is 2.16. The van der Waals surface area contributed by atoms with Crippen molar-refractivity contribution in [1.29, 1.82) is 0 Å². The Bertz CT molecular complexity index is 954. The maximum atomic E-state index is 12.3. The zero-order chi connectivity index (χ0) is 19.3. The van der Waals surface area contributed by atoms with Crippen molar-refractivity contribution in [3.8, 4) is 0 Å². The van der Waals surface area contributed by atoms with E-state index in [1.165, 1.54) is 27.6 Å². The Morgan fingerprint density at radius 1 is 1.14 bits per heavy atom. The summed E-state index contributed by atoms with van der Waals surface area (Å²) in [7, 11) is 0. The Morgan fingerprint density at radius 2 is 1.96 bits per heavy atom. The number of aromatic nitrogens is 1. The molecule has 28 heavy (non-hydrogen) atoms. The predicted molar refractivity (Wildman–Crippen MR) is 113 cm³/mol. The number of carbonyl (C=O) groups excluding carboxylic acids is 1. The summed E-state index contributed by atoms with van der Waals surface area (Å²) in [6.45, 7) is 4.45. The molecular formula is C24H28N2O2. The van der Waals surface area contributed by atoms with Gasteiger partial charge in [-0.15, -0.1) is 0 Å². The van der Waals surface area contributed by atoms with Crippen LogP contribution >= 0.6 is 0 Å². The third-order valence-electron chi connectivity index (χ3n) is 5.65. The van der Waals surface area contributed by atoms with Crippen molar-refractivity contribution < 1.29 is 9.53 Å². The van der Waals surface area contributed by atoms with E-state index in [2.05, 4.69) is 71.5 Å². The highest BCUT2D eigenvalue weighted by atomic mass is 16.5. The van der Waals surface area contributed by atoms with Gasteiger partial charge < -0.3 is 14.6 Å². The first-order valence-corrected chi connectivity index (χ1v) is 10.2. The van der Waals surface area contributed by atoms with Crippen molar-refractivity contribution in [3.63, 3.8) is 0 Å². The summed E-state index contributed by atoms with van der Waals surface area (Å²) in [5.41, 5.74) is 5.08. The van der Waals surface area contributed by atoms with Crippen LogP contribution in [-0.4, -0.2) is 29.7 Å². The summed E-state index contributed by atoms with van der Waals surface area (Å²) in [6.07, 6.45) is 5.81. The molecule has 1 atom stereocenters. The summed E-state index contributed by atoms with van der Waals surface area (Å²) in [6, 6.07) is 17.0. The van der Waals surface area contributed by atoms with Crippen LogP contribution in [0.4, 0.5) is 0 Å². The minimum Gasteiger partial charge on any atom is -0.376 e. The Labute approximate surface area is 166 Å².